The number of piperidine rings is 1. The lowest BCUT2D eigenvalue weighted by molar-refractivity contribution is 0.0511. The van der Waals surface area contributed by atoms with Crippen LogP contribution >= 0.6 is 0 Å². The van der Waals surface area contributed by atoms with E-state index >= 15 is 0 Å². The molecular formula is C17H21NO2. The van der Waals surface area contributed by atoms with Gasteiger partial charge in [-0.1, -0.05) is 5.92 Å². The second-order valence-electron chi connectivity index (χ2n) is 5.36. The summed E-state index contributed by atoms with van der Waals surface area (Å²) in [5, 5.41) is 0. The molecule has 0 N–H and O–H groups in total. The summed E-state index contributed by atoms with van der Waals surface area (Å²) in [5.74, 6) is 3.22. The third-order valence-electron chi connectivity index (χ3n) is 3.85. The van der Waals surface area contributed by atoms with Crippen LogP contribution in [0.3, 0.4) is 0 Å². The van der Waals surface area contributed by atoms with Gasteiger partial charge in [0, 0.05) is 17.6 Å². The second-order valence-corrected chi connectivity index (χ2v) is 5.36. The summed E-state index contributed by atoms with van der Waals surface area (Å²) in [5.41, 5.74) is 0.707. The Morgan fingerprint density at radius 3 is 2.45 bits per heavy atom. The Balaban J connectivity index is 2.10. The standard InChI is InChI=1S/C17H21NO2/c1-4-12-20-16-10-8-15(9-11-16)17(19)18-13(2)6-5-7-14(18)3/h1,8-11,13-14H,5-7,12H2,2-3H3/t13-,14-/m1/s1. The molecule has 1 aliphatic heterocycles. The third-order valence-corrected chi connectivity index (χ3v) is 3.85. The largest absolute Gasteiger partial charge is 0.481 e. The number of hydrogen-bond donors (Lipinski definition) is 0. The second kappa shape index (κ2) is 6.47. The van der Waals surface area contributed by atoms with Crippen molar-refractivity contribution in [1.82, 2.24) is 4.90 Å². The number of carbonyl (C=O) groups is 1. The van der Waals surface area contributed by atoms with Crippen LogP contribution in [0, 0.1) is 12.3 Å². The van der Waals surface area contributed by atoms with Crippen LogP contribution in [0.1, 0.15) is 43.5 Å². The van der Waals surface area contributed by atoms with Crippen molar-refractivity contribution >= 4 is 5.91 Å². The summed E-state index contributed by atoms with van der Waals surface area (Å²) < 4.78 is 5.32. The molecule has 1 fully saturated rings. The van der Waals surface area contributed by atoms with Crippen molar-refractivity contribution in [3.05, 3.63) is 29.8 Å². The maximum atomic E-state index is 12.6. The maximum absolute atomic E-state index is 12.6. The first-order valence-electron chi connectivity index (χ1n) is 7.12. The summed E-state index contributed by atoms with van der Waals surface area (Å²) in [4.78, 5) is 14.6. The molecule has 1 aliphatic rings. The minimum Gasteiger partial charge on any atom is -0.481 e. The van der Waals surface area contributed by atoms with E-state index in [4.69, 9.17) is 11.2 Å². The normalized spacial score (nSPS) is 22.1. The van der Waals surface area contributed by atoms with Gasteiger partial charge in [-0.25, -0.2) is 0 Å². The van der Waals surface area contributed by atoms with Crippen molar-refractivity contribution in [2.45, 2.75) is 45.2 Å². The Morgan fingerprint density at radius 2 is 1.90 bits per heavy atom. The number of amides is 1. The number of carbonyl (C=O) groups excluding carboxylic acids is 1. The van der Waals surface area contributed by atoms with Crippen LogP contribution < -0.4 is 4.74 Å². The van der Waals surface area contributed by atoms with Crippen LogP contribution in [0.25, 0.3) is 0 Å². The number of likely N-dealkylation sites (tertiary alicyclic amines) is 1. The van der Waals surface area contributed by atoms with Gasteiger partial charge in [-0.2, -0.15) is 0 Å². The molecule has 0 unspecified atom stereocenters. The highest BCUT2D eigenvalue weighted by Crippen LogP contribution is 2.25. The van der Waals surface area contributed by atoms with E-state index in [0.717, 1.165) is 12.8 Å². The van der Waals surface area contributed by atoms with Crippen LogP contribution in [-0.2, 0) is 0 Å². The number of ether oxygens (including phenoxy) is 1. The summed E-state index contributed by atoms with van der Waals surface area (Å²) >= 11 is 0. The van der Waals surface area contributed by atoms with Gasteiger partial charge < -0.3 is 9.64 Å². The van der Waals surface area contributed by atoms with Crippen molar-refractivity contribution in [3.63, 3.8) is 0 Å². The average Bonchev–Trinajstić information content (AvgIpc) is 2.45. The molecule has 20 heavy (non-hydrogen) atoms. The van der Waals surface area contributed by atoms with E-state index < -0.39 is 0 Å². The van der Waals surface area contributed by atoms with E-state index in [1.807, 2.05) is 17.0 Å². The molecule has 1 aromatic carbocycles. The molecule has 0 bridgehead atoms. The molecule has 1 amide bonds. The molecule has 0 saturated carbocycles. The van der Waals surface area contributed by atoms with E-state index in [1.54, 1.807) is 12.1 Å². The van der Waals surface area contributed by atoms with E-state index in [2.05, 4.69) is 19.8 Å². The molecule has 0 spiro atoms. The van der Waals surface area contributed by atoms with Crippen LogP contribution in [-0.4, -0.2) is 29.5 Å². The monoisotopic (exact) mass is 271 g/mol. The molecule has 1 saturated heterocycles. The van der Waals surface area contributed by atoms with Crippen LogP contribution in [0.15, 0.2) is 24.3 Å². The third kappa shape index (κ3) is 3.14. The molecular weight excluding hydrogens is 250 g/mol. The van der Waals surface area contributed by atoms with Crippen LogP contribution in [0.4, 0.5) is 0 Å². The predicted octanol–water partition coefficient (Wildman–Crippen LogP) is 3.10. The Labute approximate surface area is 120 Å². The van der Waals surface area contributed by atoms with Gasteiger partial charge in [0.05, 0.1) is 0 Å². The lowest BCUT2D eigenvalue weighted by Crippen LogP contribution is -2.47. The van der Waals surface area contributed by atoms with Gasteiger partial charge in [-0.15, -0.1) is 6.42 Å². The molecule has 3 nitrogen and oxygen atoms in total. The molecule has 0 aromatic heterocycles. The first-order valence-corrected chi connectivity index (χ1v) is 7.12. The first kappa shape index (κ1) is 14.5. The number of nitrogens with zero attached hydrogens (tertiary/aromatic N) is 1. The lowest BCUT2D eigenvalue weighted by Gasteiger charge is -2.39. The van der Waals surface area contributed by atoms with E-state index in [1.165, 1.54) is 6.42 Å². The highest BCUT2D eigenvalue weighted by atomic mass is 16.5. The van der Waals surface area contributed by atoms with E-state index in [-0.39, 0.29) is 12.5 Å². The molecule has 1 heterocycles. The van der Waals surface area contributed by atoms with Gasteiger partial charge in [0.25, 0.3) is 5.91 Å². The van der Waals surface area contributed by atoms with Gasteiger partial charge in [0.15, 0.2) is 0 Å². The Bertz CT molecular complexity index is 491. The summed E-state index contributed by atoms with van der Waals surface area (Å²) in [7, 11) is 0. The SMILES string of the molecule is C#CCOc1ccc(C(=O)N2[C@H](C)CCC[C@H]2C)cc1. The zero-order valence-electron chi connectivity index (χ0n) is 12.1. The van der Waals surface area contributed by atoms with Crippen molar-refractivity contribution in [1.29, 1.82) is 0 Å². The Morgan fingerprint density at radius 1 is 1.30 bits per heavy atom. The molecule has 3 heteroatoms. The lowest BCUT2D eigenvalue weighted by atomic mass is 9.96. The fraction of sp³-hybridized carbons (Fsp3) is 0.471. The first-order chi connectivity index (χ1) is 9.63. The van der Waals surface area contributed by atoms with Gasteiger partial charge in [0.2, 0.25) is 0 Å². The molecule has 1 aromatic rings. The van der Waals surface area contributed by atoms with Crippen LogP contribution in [0.2, 0.25) is 0 Å². The predicted molar refractivity (Wildman–Crippen MR) is 79.7 cm³/mol. The van der Waals surface area contributed by atoms with Gasteiger partial charge in [0.1, 0.15) is 12.4 Å². The van der Waals surface area contributed by atoms with Gasteiger partial charge >= 0.3 is 0 Å². The van der Waals surface area contributed by atoms with E-state index in [9.17, 15) is 4.79 Å². The molecule has 0 radical (unpaired) electrons. The summed E-state index contributed by atoms with van der Waals surface area (Å²) in [6.45, 7) is 4.49. The minimum absolute atomic E-state index is 0.105. The van der Waals surface area contributed by atoms with Crippen molar-refractivity contribution in [2.75, 3.05) is 6.61 Å². The quantitative estimate of drug-likeness (QED) is 0.791. The van der Waals surface area contributed by atoms with Crippen molar-refractivity contribution < 1.29 is 9.53 Å². The molecule has 2 atom stereocenters. The topological polar surface area (TPSA) is 29.5 Å². The fourth-order valence-corrected chi connectivity index (χ4v) is 2.79. The maximum Gasteiger partial charge on any atom is 0.254 e. The smallest absolute Gasteiger partial charge is 0.254 e. The zero-order chi connectivity index (χ0) is 14.5. The number of terminal acetylenes is 1. The summed E-state index contributed by atoms with van der Waals surface area (Å²) in [6.07, 6.45) is 8.51. The zero-order valence-corrected chi connectivity index (χ0v) is 12.1. The number of rotatable bonds is 3. The highest BCUT2D eigenvalue weighted by molar-refractivity contribution is 5.94. The van der Waals surface area contributed by atoms with E-state index in [0.29, 0.717) is 23.4 Å². The Kier molecular flexibility index (Phi) is 4.68. The van der Waals surface area contributed by atoms with Crippen LogP contribution in [0.5, 0.6) is 5.75 Å². The summed E-state index contributed by atoms with van der Waals surface area (Å²) in [6, 6.07) is 7.82. The molecule has 0 aliphatic carbocycles. The van der Waals surface area contributed by atoms with Gasteiger partial charge in [-0.05, 0) is 57.4 Å². The molecule has 2 rings (SSSR count). The molecule has 106 valence electrons. The van der Waals surface area contributed by atoms with Gasteiger partial charge in [-0.3, -0.25) is 4.79 Å². The number of benzene rings is 1. The number of hydrogen-bond acceptors (Lipinski definition) is 2. The highest BCUT2D eigenvalue weighted by Gasteiger charge is 2.29. The Hall–Kier alpha value is -1.95. The van der Waals surface area contributed by atoms with Crippen molar-refractivity contribution in [3.8, 4) is 18.1 Å². The van der Waals surface area contributed by atoms with Crippen molar-refractivity contribution in [2.24, 2.45) is 0 Å². The average molecular weight is 271 g/mol. The fourth-order valence-electron chi connectivity index (χ4n) is 2.79. The minimum atomic E-state index is 0.105.